The van der Waals surface area contributed by atoms with Crippen molar-refractivity contribution in [3.05, 3.63) is 35.4 Å². The van der Waals surface area contributed by atoms with Crippen molar-refractivity contribution >= 4 is 5.91 Å². The maximum atomic E-state index is 12.3. The van der Waals surface area contributed by atoms with Crippen molar-refractivity contribution in [2.45, 2.75) is 25.9 Å². The molecule has 1 saturated carbocycles. The van der Waals surface area contributed by atoms with Crippen molar-refractivity contribution in [2.24, 2.45) is 11.8 Å². The largest absolute Gasteiger partial charge is 0.396 e. The predicted octanol–water partition coefficient (Wildman–Crippen LogP) is 1.97. The number of carbonyl (C=O) groups excluding carboxylic acids is 1. The minimum Gasteiger partial charge on any atom is -0.396 e. The second kappa shape index (κ2) is 7.41. The summed E-state index contributed by atoms with van der Waals surface area (Å²) in [7, 11) is 1.62. The number of hydrogen-bond acceptors (Lipinski definition) is 3. The second-order valence-corrected chi connectivity index (χ2v) is 5.43. The first-order valence-corrected chi connectivity index (χ1v) is 7.22. The predicted molar refractivity (Wildman–Crippen MR) is 77.4 cm³/mol. The zero-order valence-electron chi connectivity index (χ0n) is 12.0. The van der Waals surface area contributed by atoms with Crippen LogP contribution in [0.5, 0.6) is 0 Å². The molecular formula is C16H23NO3. The normalized spacial score (nSPS) is 21.9. The van der Waals surface area contributed by atoms with Gasteiger partial charge in [0.2, 0.25) is 0 Å². The van der Waals surface area contributed by atoms with Gasteiger partial charge in [-0.1, -0.05) is 24.6 Å². The summed E-state index contributed by atoms with van der Waals surface area (Å²) in [6.45, 7) is 1.30. The van der Waals surface area contributed by atoms with Crippen LogP contribution in [-0.2, 0) is 11.3 Å². The Labute approximate surface area is 120 Å². The highest BCUT2D eigenvalue weighted by molar-refractivity contribution is 5.95. The highest BCUT2D eigenvalue weighted by Crippen LogP contribution is 2.30. The van der Waals surface area contributed by atoms with Crippen LogP contribution in [0.15, 0.2) is 24.3 Å². The minimum atomic E-state index is -0.0544. The van der Waals surface area contributed by atoms with Gasteiger partial charge in [-0.15, -0.1) is 0 Å². The number of ether oxygens (including phenoxy) is 1. The molecule has 1 aromatic carbocycles. The minimum absolute atomic E-state index is 0.0544. The molecule has 2 rings (SSSR count). The van der Waals surface area contributed by atoms with E-state index in [-0.39, 0.29) is 12.5 Å². The summed E-state index contributed by atoms with van der Waals surface area (Å²) in [5.74, 6) is 0.685. The van der Waals surface area contributed by atoms with Crippen LogP contribution in [-0.4, -0.2) is 31.3 Å². The van der Waals surface area contributed by atoms with E-state index >= 15 is 0 Å². The molecule has 1 aliphatic carbocycles. The topological polar surface area (TPSA) is 58.6 Å². The molecular weight excluding hydrogens is 254 g/mol. The van der Waals surface area contributed by atoms with E-state index < -0.39 is 0 Å². The van der Waals surface area contributed by atoms with Crippen molar-refractivity contribution in [2.75, 3.05) is 20.3 Å². The molecule has 1 fully saturated rings. The molecule has 0 spiro atoms. The quantitative estimate of drug-likeness (QED) is 0.836. The van der Waals surface area contributed by atoms with Gasteiger partial charge in [-0.2, -0.15) is 0 Å². The Hall–Kier alpha value is -1.39. The third kappa shape index (κ3) is 3.58. The Morgan fingerprint density at radius 3 is 2.85 bits per heavy atom. The number of benzene rings is 1. The second-order valence-electron chi connectivity index (χ2n) is 5.43. The van der Waals surface area contributed by atoms with Crippen LogP contribution in [0.1, 0.15) is 35.2 Å². The summed E-state index contributed by atoms with van der Waals surface area (Å²) in [6.07, 6.45) is 3.30. The van der Waals surface area contributed by atoms with Crippen molar-refractivity contribution in [3.8, 4) is 0 Å². The van der Waals surface area contributed by atoms with E-state index in [0.717, 1.165) is 24.8 Å². The molecule has 0 radical (unpaired) electrons. The van der Waals surface area contributed by atoms with E-state index in [1.165, 1.54) is 0 Å². The summed E-state index contributed by atoms with van der Waals surface area (Å²) in [6, 6.07) is 7.50. The first-order valence-electron chi connectivity index (χ1n) is 7.22. The average Bonchev–Trinajstić information content (AvgIpc) is 2.93. The maximum Gasteiger partial charge on any atom is 0.251 e. The number of methoxy groups -OCH3 is 1. The maximum absolute atomic E-state index is 12.3. The fourth-order valence-corrected chi connectivity index (χ4v) is 2.96. The first-order chi connectivity index (χ1) is 9.76. The van der Waals surface area contributed by atoms with E-state index in [1.54, 1.807) is 7.11 Å². The van der Waals surface area contributed by atoms with Gasteiger partial charge in [0.25, 0.3) is 5.91 Å². The molecule has 2 atom stereocenters. The third-order valence-electron chi connectivity index (χ3n) is 4.14. The van der Waals surface area contributed by atoms with Gasteiger partial charge in [0, 0.05) is 25.8 Å². The lowest BCUT2D eigenvalue weighted by molar-refractivity contribution is 0.0933. The molecule has 0 heterocycles. The van der Waals surface area contributed by atoms with Crippen LogP contribution in [0.3, 0.4) is 0 Å². The molecule has 0 bridgehead atoms. The van der Waals surface area contributed by atoms with Crippen molar-refractivity contribution in [3.63, 3.8) is 0 Å². The van der Waals surface area contributed by atoms with Crippen LogP contribution in [0, 0.1) is 11.8 Å². The van der Waals surface area contributed by atoms with Crippen LogP contribution < -0.4 is 5.32 Å². The van der Waals surface area contributed by atoms with Gasteiger partial charge < -0.3 is 15.2 Å². The number of aliphatic hydroxyl groups excluding tert-OH is 1. The number of carbonyl (C=O) groups is 1. The Kier molecular flexibility index (Phi) is 5.56. The Morgan fingerprint density at radius 2 is 2.10 bits per heavy atom. The summed E-state index contributed by atoms with van der Waals surface area (Å²) in [5.41, 5.74) is 1.57. The van der Waals surface area contributed by atoms with Crippen molar-refractivity contribution in [1.82, 2.24) is 5.32 Å². The molecule has 1 aliphatic rings. The molecule has 1 aromatic rings. The van der Waals surface area contributed by atoms with Crippen LogP contribution in [0.4, 0.5) is 0 Å². The summed E-state index contributed by atoms with van der Waals surface area (Å²) < 4.78 is 5.12. The van der Waals surface area contributed by atoms with Gasteiger partial charge in [0.1, 0.15) is 0 Å². The number of nitrogens with one attached hydrogen (secondary N) is 1. The molecule has 0 saturated heterocycles. The number of hydrogen-bond donors (Lipinski definition) is 2. The summed E-state index contributed by atoms with van der Waals surface area (Å²) in [5, 5.41) is 12.3. The lowest BCUT2D eigenvalue weighted by atomic mass is 9.97. The average molecular weight is 277 g/mol. The van der Waals surface area contributed by atoms with Crippen molar-refractivity contribution in [1.29, 1.82) is 0 Å². The van der Waals surface area contributed by atoms with Crippen LogP contribution >= 0.6 is 0 Å². The van der Waals surface area contributed by atoms with E-state index in [4.69, 9.17) is 4.74 Å². The highest BCUT2D eigenvalue weighted by atomic mass is 16.5. The summed E-state index contributed by atoms with van der Waals surface area (Å²) in [4.78, 5) is 12.3. The van der Waals surface area contributed by atoms with Gasteiger partial charge >= 0.3 is 0 Å². The molecule has 4 heteroatoms. The molecule has 110 valence electrons. The molecule has 0 aromatic heterocycles. The molecule has 1 amide bonds. The van der Waals surface area contributed by atoms with E-state index in [1.807, 2.05) is 24.3 Å². The standard InChI is InChI=1S/C16H23NO3/c1-20-11-14-5-2-3-8-15(14)16(19)17-9-12-6-4-7-13(12)10-18/h2-3,5,8,12-13,18H,4,6-7,9-11H2,1H3,(H,17,19). The van der Waals surface area contributed by atoms with Gasteiger partial charge in [0.15, 0.2) is 0 Å². The fourth-order valence-electron chi connectivity index (χ4n) is 2.96. The number of aliphatic hydroxyl groups is 1. The molecule has 2 N–H and O–H groups in total. The third-order valence-corrected chi connectivity index (χ3v) is 4.14. The summed E-state index contributed by atoms with van der Waals surface area (Å²) >= 11 is 0. The van der Waals surface area contributed by atoms with Gasteiger partial charge in [-0.25, -0.2) is 0 Å². The Bertz CT molecular complexity index is 447. The number of rotatable bonds is 6. The van der Waals surface area contributed by atoms with Crippen molar-refractivity contribution < 1.29 is 14.6 Å². The zero-order valence-corrected chi connectivity index (χ0v) is 12.0. The highest BCUT2D eigenvalue weighted by Gasteiger charge is 2.26. The molecule has 2 unspecified atom stereocenters. The molecule has 4 nitrogen and oxygen atoms in total. The van der Waals surface area contributed by atoms with Gasteiger partial charge in [-0.05, 0) is 36.3 Å². The molecule has 20 heavy (non-hydrogen) atoms. The fraction of sp³-hybridized carbons (Fsp3) is 0.562. The smallest absolute Gasteiger partial charge is 0.251 e. The van der Waals surface area contributed by atoms with Gasteiger partial charge in [0.05, 0.1) is 6.61 Å². The van der Waals surface area contributed by atoms with Crippen LogP contribution in [0.25, 0.3) is 0 Å². The van der Waals surface area contributed by atoms with E-state index in [9.17, 15) is 9.90 Å². The zero-order chi connectivity index (χ0) is 14.4. The SMILES string of the molecule is COCc1ccccc1C(=O)NCC1CCCC1CO. The van der Waals surface area contributed by atoms with Crippen LogP contribution in [0.2, 0.25) is 0 Å². The monoisotopic (exact) mass is 277 g/mol. The lowest BCUT2D eigenvalue weighted by Gasteiger charge is -2.18. The van der Waals surface area contributed by atoms with Gasteiger partial charge in [-0.3, -0.25) is 4.79 Å². The van der Waals surface area contributed by atoms with E-state index in [0.29, 0.717) is 30.6 Å². The Balaban J connectivity index is 1.95. The number of amides is 1. The van der Waals surface area contributed by atoms with E-state index in [2.05, 4.69) is 5.32 Å². The lowest BCUT2D eigenvalue weighted by Crippen LogP contribution is -2.32. The first kappa shape index (κ1) is 15.0. The Morgan fingerprint density at radius 1 is 1.35 bits per heavy atom. The molecule has 0 aliphatic heterocycles.